The van der Waals surface area contributed by atoms with E-state index in [0.717, 1.165) is 24.3 Å². The monoisotopic (exact) mass is 324 g/mol. The summed E-state index contributed by atoms with van der Waals surface area (Å²) in [7, 11) is 0. The molecule has 0 bridgehead atoms. The number of rotatable bonds is 3. The predicted octanol–water partition coefficient (Wildman–Crippen LogP) is 3.13. The Hall–Kier alpha value is -1.56. The molecule has 0 saturated carbocycles. The van der Waals surface area contributed by atoms with E-state index in [-0.39, 0.29) is 17.9 Å². The van der Waals surface area contributed by atoms with Gasteiger partial charge in [0.25, 0.3) is 5.91 Å². The molecule has 1 atom stereocenters. The van der Waals surface area contributed by atoms with Gasteiger partial charge in [0.2, 0.25) is 0 Å². The van der Waals surface area contributed by atoms with Crippen LogP contribution in [0.1, 0.15) is 43.3 Å². The number of carbonyl (C=O) groups is 2. The van der Waals surface area contributed by atoms with Gasteiger partial charge in [0, 0.05) is 19.6 Å². The Balaban J connectivity index is 1.80. The highest BCUT2D eigenvalue weighted by Gasteiger charge is 2.27. The zero-order valence-electron chi connectivity index (χ0n) is 13.4. The van der Waals surface area contributed by atoms with Crippen LogP contribution in [0, 0.1) is 5.92 Å². The minimum absolute atomic E-state index is 0.0376. The lowest BCUT2D eigenvalue weighted by Crippen LogP contribution is -2.45. The van der Waals surface area contributed by atoms with Gasteiger partial charge in [-0.3, -0.25) is 4.79 Å². The quantitative estimate of drug-likeness (QED) is 0.929. The van der Waals surface area contributed by atoms with Gasteiger partial charge in [-0.25, -0.2) is 4.79 Å². The first-order valence-electron chi connectivity index (χ1n) is 7.65. The van der Waals surface area contributed by atoms with Crippen molar-refractivity contribution in [2.24, 2.45) is 5.92 Å². The van der Waals surface area contributed by atoms with E-state index in [1.807, 2.05) is 38.3 Å². The maximum absolute atomic E-state index is 12.1. The van der Waals surface area contributed by atoms with Crippen LogP contribution in [-0.4, -0.2) is 42.1 Å². The summed E-state index contributed by atoms with van der Waals surface area (Å²) >= 11 is 1.43. The summed E-state index contributed by atoms with van der Waals surface area (Å²) < 4.78 is 5.41. The molecule has 2 amide bonds. The number of hydrogen-bond donors (Lipinski definition) is 1. The van der Waals surface area contributed by atoms with E-state index in [1.165, 1.54) is 11.3 Å². The SMILES string of the molecule is CC(C)(C)OC(=O)N1CCC[C@H](CNC(=O)c2cccs2)C1. The number of nitrogens with zero attached hydrogens (tertiary/aromatic N) is 1. The summed E-state index contributed by atoms with van der Waals surface area (Å²) in [4.78, 5) is 26.5. The molecule has 0 spiro atoms. The molecule has 1 aliphatic rings. The van der Waals surface area contributed by atoms with Crippen LogP contribution in [0.4, 0.5) is 4.79 Å². The second-order valence-electron chi connectivity index (χ2n) is 6.62. The number of carbonyl (C=O) groups excluding carboxylic acids is 2. The second kappa shape index (κ2) is 7.13. The summed E-state index contributed by atoms with van der Waals surface area (Å²) in [5.41, 5.74) is -0.475. The van der Waals surface area contributed by atoms with E-state index < -0.39 is 5.60 Å². The van der Waals surface area contributed by atoms with Crippen molar-refractivity contribution in [3.8, 4) is 0 Å². The third-order valence-corrected chi connectivity index (χ3v) is 4.34. The highest BCUT2D eigenvalue weighted by molar-refractivity contribution is 7.12. The van der Waals surface area contributed by atoms with E-state index in [1.54, 1.807) is 4.90 Å². The summed E-state index contributed by atoms with van der Waals surface area (Å²) in [6, 6.07) is 3.68. The van der Waals surface area contributed by atoms with Crippen molar-refractivity contribution in [2.75, 3.05) is 19.6 Å². The van der Waals surface area contributed by atoms with Crippen molar-refractivity contribution in [1.82, 2.24) is 10.2 Å². The van der Waals surface area contributed by atoms with Crippen LogP contribution in [-0.2, 0) is 4.74 Å². The maximum atomic E-state index is 12.1. The van der Waals surface area contributed by atoms with Crippen LogP contribution < -0.4 is 5.32 Å². The van der Waals surface area contributed by atoms with Gasteiger partial charge in [0.15, 0.2) is 0 Å². The number of amides is 2. The van der Waals surface area contributed by atoms with Gasteiger partial charge in [-0.1, -0.05) is 6.07 Å². The zero-order chi connectivity index (χ0) is 16.2. The Labute approximate surface area is 135 Å². The highest BCUT2D eigenvalue weighted by Crippen LogP contribution is 2.19. The van der Waals surface area contributed by atoms with Crippen LogP contribution >= 0.6 is 11.3 Å². The molecule has 0 aliphatic carbocycles. The van der Waals surface area contributed by atoms with Crippen molar-refractivity contribution in [3.63, 3.8) is 0 Å². The van der Waals surface area contributed by atoms with Gasteiger partial charge in [0.1, 0.15) is 5.60 Å². The standard InChI is InChI=1S/C16H24N2O3S/c1-16(2,3)21-15(20)18-8-4-6-12(11-18)10-17-14(19)13-7-5-9-22-13/h5,7,9,12H,4,6,8,10-11H2,1-3H3,(H,17,19)/t12-/m1/s1. The van der Waals surface area contributed by atoms with E-state index in [4.69, 9.17) is 4.74 Å². The first-order valence-corrected chi connectivity index (χ1v) is 8.53. The van der Waals surface area contributed by atoms with E-state index in [0.29, 0.717) is 13.1 Å². The first kappa shape index (κ1) is 16.8. The Morgan fingerprint density at radius 3 is 2.86 bits per heavy atom. The number of ether oxygens (including phenoxy) is 1. The first-order chi connectivity index (χ1) is 10.3. The lowest BCUT2D eigenvalue weighted by molar-refractivity contribution is 0.0167. The molecule has 1 fully saturated rings. The van der Waals surface area contributed by atoms with Crippen molar-refractivity contribution in [1.29, 1.82) is 0 Å². The molecule has 1 aromatic heterocycles. The maximum Gasteiger partial charge on any atom is 0.410 e. The molecule has 2 rings (SSSR count). The van der Waals surface area contributed by atoms with Gasteiger partial charge in [-0.15, -0.1) is 11.3 Å². The largest absolute Gasteiger partial charge is 0.444 e. The van der Waals surface area contributed by atoms with Gasteiger partial charge in [-0.05, 0) is 51.0 Å². The lowest BCUT2D eigenvalue weighted by Gasteiger charge is -2.34. The van der Waals surface area contributed by atoms with Crippen LogP contribution in [0.25, 0.3) is 0 Å². The minimum atomic E-state index is -0.475. The van der Waals surface area contributed by atoms with Crippen LogP contribution in [0.15, 0.2) is 17.5 Å². The fourth-order valence-corrected chi connectivity index (χ4v) is 3.10. The second-order valence-corrected chi connectivity index (χ2v) is 7.57. The fourth-order valence-electron chi connectivity index (χ4n) is 2.46. The molecule has 2 heterocycles. The highest BCUT2D eigenvalue weighted by atomic mass is 32.1. The fraction of sp³-hybridized carbons (Fsp3) is 0.625. The van der Waals surface area contributed by atoms with Crippen molar-refractivity contribution >= 4 is 23.3 Å². The molecule has 0 aromatic carbocycles. The normalized spacial score (nSPS) is 18.9. The van der Waals surface area contributed by atoms with Gasteiger partial charge < -0.3 is 15.0 Å². The van der Waals surface area contributed by atoms with E-state index in [9.17, 15) is 9.59 Å². The average molecular weight is 324 g/mol. The average Bonchev–Trinajstić information content (AvgIpc) is 2.97. The van der Waals surface area contributed by atoms with Crippen LogP contribution in [0.3, 0.4) is 0 Å². The van der Waals surface area contributed by atoms with E-state index >= 15 is 0 Å². The predicted molar refractivity (Wildman–Crippen MR) is 87.2 cm³/mol. The van der Waals surface area contributed by atoms with E-state index in [2.05, 4.69) is 5.32 Å². The number of piperidine rings is 1. The Morgan fingerprint density at radius 1 is 1.45 bits per heavy atom. The molecule has 22 heavy (non-hydrogen) atoms. The molecular formula is C16H24N2O3S. The molecule has 122 valence electrons. The minimum Gasteiger partial charge on any atom is -0.444 e. The molecule has 1 saturated heterocycles. The van der Waals surface area contributed by atoms with Gasteiger partial charge in [0.05, 0.1) is 4.88 Å². The summed E-state index contributed by atoms with van der Waals surface area (Å²) in [5.74, 6) is 0.245. The molecule has 1 aromatic rings. The summed E-state index contributed by atoms with van der Waals surface area (Å²) in [6.45, 7) is 7.56. The van der Waals surface area contributed by atoms with Crippen molar-refractivity contribution < 1.29 is 14.3 Å². The third kappa shape index (κ3) is 5.02. The van der Waals surface area contributed by atoms with Crippen LogP contribution in [0.5, 0.6) is 0 Å². The third-order valence-electron chi connectivity index (χ3n) is 3.47. The number of likely N-dealkylation sites (tertiary alicyclic amines) is 1. The number of nitrogens with one attached hydrogen (secondary N) is 1. The number of thiophene rings is 1. The smallest absolute Gasteiger partial charge is 0.410 e. The molecule has 1 N–H and O–H groups in total. The Kier molecular flexibility index (Phi) is 5.45. The molecule has 6 heteroatoms. The van der Waals surface area contributed by atoms with Crippen molar-refractivity contribution in [2.45, 2.75) is 39.2 Å². The van der Waals surface area contributed by atoms with Crippen molar-refractivity contribution in [3.05, 3.63) is 22.4 Å². The molecular weight excluding hydrogens is 300 g/mol. The Bertz CT molecular complexity index is 508. The van der Waals surface area contributed by atoms with Gasteiger partial charge in [-0.2, -0.15) is 0 Å². The molecule has 0 radical (unpaired) electrons. The molecule has 5 nitrogen and oxygen atoms in total. The topological polar surface area (TPSA) is 58.6 Å². The number of hydrogen-bond acceptors (Lipinski definition) is 4. The molecule has 0 unspecified atom stereocenters. The lowest BCUT2D eigenvalue weighted by atomic mass is 9.98. The van der Waals surface area contributed by atoms with Crippen LogP contribution in [0.2, 0.25) is 0 Å². The summed E-state index contributed by atoms with van der Waals surface area (Å²) in [5, 5.41) is 4.84. The zero-order valence-corrected chi connectivity index (χ0v) is 14.2. The molecule has 1 aliphatic heterocycles. The van der Waals surface area contributed by atoms with Gasteiger partial charge >= 0.3 is 6.09 Å². The summed E-state index contributed by atoms with van der Waals surface area (Å²) in [6.07, 6.45) is 1.70. The Morgan fingerprint density at radius 2 is 2.23 bits per heavy atom.